The zero-order valence-corrected chi connectivity index (χ0v) is 16.9. The fourth-order valence-electron chi connectivity index (χ4n) is 4.11. The first-order valence-corrected chi connectivity index (χ1v) is 10.2. The van der Waals surface area contributed by atoms with E-state index in [1.807, 2.05) is 0 Å². The second-order valence-electron chi connectivity index (χ2n) is 7.74. The summed E-state index contributed by atoms with van der Waals surface area (Å²) < 4.78 is 29.7. The van der Waals surface area contributed by atoms with Crippen molar-refractivity contribution in [2.24, 2.45) is 0 Å². The van der Waals surface area contributed by atoms with Gasteiger partial charge < -0.3 is 29.3 Å². The third-order valence-corrected chi connectivity index (χ3v) is 5.73. The molecule has 0 aliphatic carbocycles. The van der Waals surface area contributed by atoms with Crippen LogP contribution >= 0.6 is 0 Å². The Hall–Kier alpha value is -2.65. The van der Waals surface area contributed by atoms with Crippen LogP contribution in [0.5, 0.6) is 5.75 Å². The zero-order valence-electron chi connectivity index (χ0n) is 16.9. The lowest BCUT2D eigenvalue weighted by Crippen LogP contribution is -2.42. The number of hydrogen-bond donors (Lipinski definition) is 2. The molecule has 0 radical (unpaired) electrons. The molecular formula is C21H26FN3O5. The van der Waals surface area contributed by atoms with Crippen molar-refractivity contribution in [1.29, 1.82) is 0 Å². The van der Waals surface area contributed by atoms with Crippen LogP contribution in [-0.4, -0.2) is 66.6 Å². The van der Waals surface area contributed by atoms with Crippen LogP contribution in [-0.2, 0) is 4.74 Å². The lowest BCUT2D eigenvalue weighted by Gasteiger charge is -2.33. The van der Waals surface area contributed by atoms with Crippen LogP contribution in [0, 0.1) is 5.82 Å². The first-order chi connectivity index (χ1) is 14.5. The largest absolute Gasteiger partial charge is 0.494 e. The number of aromatic carboxylic acids is 1. The van der Waals surface area contributed by atoms with Gasteiger partial charge in [-0.2, -0.15) is 0 Å². The number of hydrogen-bond acceptors (Lipinski definition) is 7. The summed E-state index contributed by atoms with van der Waals surface area (Å²) in [5.41, 5.74) is 0.322. The molecule has 2 aromatic rings. The van der Waals surface area contributed by atoms with Gasteiger partial charge in [-0.3, -0.25) is 0 Å². The summed E-state index contributed by atoms with van der Waals surface area (Å²) in [6.45, 7) is 3.64. The minimum atomic E-state index is -1.16. The molecule has 0 bridgehead atoms. The van der Waals surface area contributed by atoms with E-state index in [4.69, 9.17) is 14.0 Å². The fraction of sp³-hybridized carbons (Fsp3) is 0.524. The first kappa shape index (κ1) is 20.6. The molecule has 2 aliphatic heterocycles. The number of nitrogens with zero attached hydrogens (tertiary/aromatic N) is 2. The minimum Gasteiger partial charge on any atom is -0.494 e. The van der Waals surface area contributed by atoms with Gasteiger partial charge in [-0.05, 0) is 43.9 Å². The van der Waals surface area contributed by atoms with Crippen molar-refractivity contribution >= 4 is 11.8 Å². The molecule has 4 rings (SSSR count). The van der Waals surface area contributed by atoms with Crippen molar-refractivity contribution in [3.63, 3.8) is 0 Å². The number of nitrogens with one attached hydrogen (secondary N) is 1. The number of aromatic nitrogens is 1. The summed E-state index contributed by atoms with van der Waals surface area (Å²) >= 11 is 0. The van der Waals surface area contributed by atoms with Crippen molar-refractivity contribution in [1.82, 2.24) is 10.1 Å². The molecule has 1 aromatic heterocycles. The van der Waals surface area contributed by atoms with E-state index >= 15 is 0 Å². The molecule has 0 spiro atoms. The minimum absolute atomic E-state index is 0.00774. The molecule has 2 saturated heterocycles. The quantitative estimate of drug-likeness (QED) is 0.706. The van der Waals surface area contributed by atoms with Gasteiger partial charge in [-0.15, -0.1) is 0 Å². The van der Waals surface area contributed by atoms with Crippen molar-refractivity contribution in [2.45, 2.75) is 37.8 Å². The van der Waals surface area contributed by atoms with Gasteiger partial charge in [0.05, 0.1) is 13.2 Å². The van der Waals surface area contributed by atoms with Crippen molar-refractivity contribution in [3.05, 3.63) is 29.6 Å². The van der Waals surface area contributed by atoms with Gasteiger partial charge in [-0.1, -0.05) is 5.16 Å². The molecule has 30 heavy (non-hydrogen) atoms. The number of benzene rings is 1. The normalized spacial score (nSPS) is 20.4. The van der Waals surface area contributed by atoms with Gasteiger partial charge >= 0.3 is 5.97 Å². The Labute approximate surface area is 173 Å². The number of carboxylic acids is 1. The number of carbonyl (C=O) groups is 1. The van der Waals surface area contributed by atoms with E-state index in [0.29, 0.717) is 11.7 Å². The molecule has 0 saturated carbocycles. The topological polar surface area (TPSA) is 97.1 Å². The van der Waals surface area contributed by atoms with Gasteiger partial charge in [0.1, 0.15) is 0 Å². The van der Waals surface area contributed by atoms with Crippen LogP contribution in [0.1, 0.15) is 36.0 Å². The lowest BCUT2D eigenvalue weighted by molar-refractivity contribution is 0.0652. The number of carboxylic acid groups (broad SMARTS) is 1. The predicted molar refractivity (Wildman–Crippen MR) is 107 cm³/mol. The molecule has 1 unspecified atom stereocenters. The zero-order chi connectivity index (χ0) is 21.1. The molecular weight excluding hydrogens is 393 g/mol. The Morgan fingerprint density at radius 2 is 2.17 bits per heavy atom. The average Bonchev–Trinajstić information content (AvgIpc) is 3.40. The van der Waals surface area contributed by atoms with Gasteiger partial charge in [0.15, 0.2) is 28.7 Å². The van der Waals surface area contributed by atoms with Crippen LogP contribution in [0.25, 0.3) is 11.3 Å². The standard InChI is InChI=1S/C21H26FN3O5/c1-28-17-11-13(4-5-16(17)22)19-18(21(26)27)20(24-30-19)23-14-6-8-25(9-7-14)12-15-3-2-10-29-15/h4-5,11,14-15H,2-3,6-10,12H2,1H3,(H,23,24)(H,26,27). The highest BCUT2D eigenvalue weighted by atomic mass is 19.1. The third kappa shape index (κ3) is 4.41. The highest BCUT2D eigenvalue weighted by Crippen LogP contribution is 2.33. The van der Waals surface area contributed by atoms with E-state index in [-0.39, 0.29) is 28.9 Å². The molecule has 3 heterocycles. The molecule has 0 amide bonds. The van der Waals surface area contributed by atoms with Crippen molar-refractivity contribution in [2.75, 3.05) is 38.7 Å². The SMILES string of the molecule is COc1cc(-c2onc(NC3CCN(CC4CCCO4)CC3)c2C(=O)O)ccc1F. The maximum atomic E-state index is 13.7. The Morgan fingerprint density at radius 1 is 1.37 bits per heavy atom. The van der Waals surface area contributed by atoms with Crippen molar-refractivity contribution in [3.8, 4) is 17.1 Å². The van der Waals surface area contributed by atoms with E-state index in [2.05, 4.69) is 15.4 Å². The Balaban J connectivity index is 1.44. The van der Waals surface area contributed by atoms with E-state index in [0.717, 1.165) is 51.9 Å². The molecule has 1 atom stereocenters. The molecule has 9 heteroatoms. The monoisotopic (exact) mass is 419 g/mol. The van der Waals surface area contributed by atoms with Crippen LogP contribution in [0.4, 0.5) is 10.2 Å². The molecule has 8 nitrogen and oxygen atoms in total. The number of rotatable bonds is 7. The van der Waals surface area contributed by atoms with E-state index < -0.39 is 11.8 Å². The third-order valence-electron chi connectivity index (χ3n) is 5.73. The number of halogens is 1. The second-order valence-corrected chi connectivity index (χ2v) is 7.74. The van der Waals surface area contributed by atoms with Gasteiger partial charge in [0, 0.05) is 37.8 Å². The second kappa shape index (κ2) is 9.01. The summed E-state index contributed by atoms with van der Waals surface area (Å²) in [5, 5.41) is 16.9. The molecule has 1 aromatic carbocycles. The molecule has 162 valence electrons. The lowest BCUT2D eigenvalue weighted by atomic mass is 10.0. The Bertz CT molecular complexity index is 889. The summed E-state index contributed by atoms with van der Waals surface area (Å²) in [6.07, 6.45) is 4.33. The number of anilines is 1. The number of methoxy groups -OCH3 is 1. The number of ether oxygens (including phenoxy) is 2. The average molecular weight is 419 g/mol. The summed E-state index contributed by atoms with van der Waals surface area (Å²) in [7, 11) is 1.35. The Morgan fingerprint density at radius 3 is 2.83 bits per heavy atom. The number of piperidine rings is 1. The van der Waals surface area contributed by atoms with Gasteiger partial charge in [0.2, 0.25) is 0 Å². The number of likely N-dealkylation sites (tertiary alicyclic amines) is 1. The smallest absolute Gasteiger partial charge is 0.343 e. The van der Waals surface area contributed by atoms with Crippen LogP contribution < -0.4 is 10.1 Å². The molecule has 2 aliphatic rings. The Kier molecular flexibility index (Phi) is 6.19. The van der Waals surface area contributed by atoms with E-state index in [1.165, 1.54) is 25.3 Å². The summed E-state index contributed by atoms with van der Waals surface area (Å²) in [4.78, 5) is 14.3. The van der Waals surface area contributed by atoms with Gasteiger partial charge in [0.25, 0.3) is 0 Å². The van der Waals surface area contributed by atoms with Crippen LogP contribution in [0.2, 0.25) is 0 Å². The molecule has 2 N–H and O–H groups in total. The van der Waals surface area contributed by atoms with Crippen molar-refractivity contribution < 1.29 is 28.3 Å². The van der Waals surface area contributed by atoms with E-state index in [9.17, 15) is 14.3 Å². The first-order valence-electron chi connectivity index (χ1n) is 10.2. The highest BCUT2D eigenvalue weighted by molar-refractivity contribution is 5.99. The molecule has 2 fully saturated rings. The predicted octanol–water partition coefficient (Wildman–Crippen LogP) is 3.24. The van der Waals surface area contributed by atoms with Crippen LogP contribution in [0.3, 0.4) is 0 Å². The van der Waals surface area contributed by atoms with E-state index in [1.54, 1.807) is 0 Å². The maximum Gasteiger partial charge on any atom is 0.343 e. The summed E-state index contributed by atoms with van der Waals surface area (Å²) in [6, 6.07) is 4.15. The fourth-order valence-corrected chi connectivity index (χ4v) is 4.11. The van der Waals surface area contributed by atoms with Crippen LogP contribution in [0.15, 0.2) is 22.7 Å². The maximum absolute atomic E-state index is 13.7. The van der Waals surface area contributed by atoms with Gasteiger partial charge in [-0.25, -0.2) is 9.18 Å². The highest BCUT2D eigenvalue weighted by Gasteiger charge is 2.28. The summed E-state index contributed by atoms with van der Waals surface area (Å²) in [5.74, 6) is -1.43.